The molecule has 1 aromatic heterocycles. The first-order valence-electron chi connectivity index (χ1n) is 8.28. The zero-order valence-corrected chi connectivity index (χ0v) is 14.5. The van der Waals surface area contributed by atoms with Crippen molar-refractivity contribution in [3.63, 3.8) is 0 Å². The number of carboxylic acids is 2. The number of aromatic carboxylic acids is 2. The number of nitrogens with zero attached hydrogens (tertiary/aromatic N) is 2. The number of carbonyl (C=O) groups is 3. The van der Waals surface area contributed by atoms with Crippen molar-refractivity contribution >= 4 is 17.8 Å². The minimum absolute atomic E-state index is 0.0374. The number of hydrogen-bond donors (Lipinski definition) is 4. The molecule has 2 heterocycles. The SMILES string of the molecule is Cc1c(C(=O)O)[nH]c(CC(=O)N(O)CCCN2CCOCC2)c1C(=O)O. The summed E-state index contributed by atoms with van der Waals surface area (Å²) < 4.78 is 5.24. The summed E-state index contributed by atoms with van der Waals surface area (Å²) in [7, 11) is 0. The Morgan fingerprint density at radius 3 is 2.42 bits per heavy atom. The number of nitrogens with one attached hydrogen (secondary N) is 1. The van der Waals surface area contributed by atoms with E-state index in [1.807, 2.05) is 0 Å². The molecule has 0 unspecified atom stereocenters. The van der Waals surface area contributed by atoms with Crippen LogP contribution in [0.25, 0.3) is 0 Å². The van der Waals surface area contributed by atoms with Crippen LogP contribution in [0.1, 0.15) is 38.5 Å². The summed E-state index contributed by atoms with van der Waals surface area (Å²) in [6.45, 7) is 5.11. The number of ether oxygens (including phenoxy) is 1. The Balaban J connectivity index is 1.94. The third-order valence-electron chi connectivity index (χ3n) is 4.32. The second-order valence-corrected chi connectivity index (χ2v) is 6.09. The van der Waals surface area contributed by atoms with Crippen molar-refractivity contribution in [2.45, 2.75) is 19.8 Å². The number of morpholine rings is 1. The first kappa shape index (κ1) is 19.9. The molecule has 0 bridgehead atoms. The van der Waals surface area contributed by atoms with Crippen molar-refractivity contribution in [2.24, 2.45) is 0 Å². The number of hydroxylamine groups is 2. The molecule has 1 aliphatic rings. The van der Waals surface area contributed by atoms with Crippen LogP contribution in [0.5, 0.6) is 0 Å². The van der Waals surface area contributed by atoms with Crippen LogP contribution in [0.15, 0.2) is 0 Å². The second-order valence-electron chi connectivity index (χ2n) is 6.09. The lowest BCUT2D eigenvalue weighted by Gasteiger charge is -2.27. The van der Waals surface area contributed by atoms with E-state index in [2.05, 4.69) is 9.88 Å². The van der Waals surface area contributed by atoms with Crippen LogP contribution in [0, 0.1) is 6.92 Å². The quantitative estimate of drug-likeness (QED) is 0.376. The average molecular weight is 369 g/mol. The van der Waals surface area contributed by atoms with Gasteiger partial charge in [-0.05, 0) is 18.9 Å². The molecule has 1 amide bonds. The minimum Gasteiger partial charge on any atom is -0.478 e. The summed E-state index contributed by atoms with van der Waals surface area (Å²) >= 11 is 0. The Hall–Kier alpha value is -2.43. The van der Waals surface area contributed by atoms with Crippen LogP contribution < -0.4 is 0 Å². The summed E-state index contributed by atoms with van der Waals surface area (Å²) in [5.74, 6) is -3.34. The number of aromatic amines is 1. The molecule has 1 aliphatic heterocycles. The smallest absolute Gasteiger partial charge is 0.352 e. The highest BCUT2D eigenvalue weighted by Gasteiger charge is 2.25. The number of H-pyrrole nitrogens is 1. The Morgan fingerprint density at radius 1 is 1.19 bits per heavy atom. The third kappa shape index (κ3) is 4.81. The molecule has 10 nitrogen and oxygen atoms in total. The number of carboxylic acid groups (broad SMARTS) is 2. The molecular weight excluding hydrogens is 346 g/mol. The number of rotatable bonds is 8. The largest absolute Gasteiger partial charge is 0.478 e. The number of hydrogen-bond acceptors (Lipinski definition) is 6. The number of aromatic nitrogens is 1. The molecule has 1 aromatic rings. The first-order chi connectivity index (χ1) is 12.3. The van der Waals surface area contributed by atoms with Gasteiger partial charge in [-0.25, -0.2) is 14.7 Å². The third-order valence-corrected chi connectivity index (χ3v) is 4.32. The van der Waals surface area contributed by atoms with Gasteiger partial charge in [-0.15, -0.1) is 0 Å². The zero-order chi connectivity index (χ0) is 19.3. The van der Waals surface area contributed by atoms with Gasteiger partial charge in [0.05, 0.1) is 25.2 Å². The number of amides is 1. The predicted molar refractivity (Wildman–Crippen MR) is 88.5 cm³/mol. The van der Waals surface area contributed by atoms with Crippen LogP contribution in [-0.2, 0) is 16.0 Å². The van der Waals surface area contributed by atoms with Crippen molar-refractivity contribution in [1.29, 1.82) is 0 Å². The topological polar surface area (TPSA) is 143 Å². The van der Waals surface area contributed by atoms with Gasteiger partial charge in [0.2, 0.25) is 0 Å². The standard InChI is InChI=1S/C16H23N3O7/c1-10-13(15(21)22)11(17-14(10)16(23)24)9-12(20)19(25)4-2-3-18-5-7-26-8-6-18/h17,25H,2-9H2,1H3,(H,21,22)(H,23,24). The molecule has 4 N–H and O–H groups in total. The van der Waals surface area contributed by atoms with E-state index in [9.17, 15) is 24.7 Å². The van der Waals surface area contributed by atoms with Crippen molar-refractivity contribution in [1.82, 2.24) is 14.9 Å². The highest BCUT2D eigenvalue weighted by Crippen LogP contribution is 2.19. The van der Waals surface area contributed by atoms with Crippen molar-refractivity contribution in [2.75, 3.05) is 39.4 Å². The molecule has 0 aliphatic carbocycles. The summed E-state index contributed by atoms with van der Waals surface area (Å²) in [5, 5.41) is 28.8. The summed E-state index contributed by atoms with van der Waals surface area (Å²) in [6, 6.07) is 0. The van der Waals surface area contributed by atoms with E-state index >= 15 is 0 Å². The molecule has 2 rings (SSSR count). The zero-order valence-electron chi connectivity index (χ0n) is 14.5. The monoisotopic (exact) mass is 369 g/mol. The van der Waals surface area contributed by atoms with Gasteiger partial charge in [-0.1, -0.05) is 0 Å². The van der Waals surface area contributed by atoms with E-state index in [-0.39, 0.29) is 29.1 Å². The minimum atomic E-state index is -1.33. The molecule has 0 atom stereocenters. The summed E-state index contributed by atoms with van der Waals surface area (Å²) in [4.78, 5) is 39.3. The van der Waals surface area contributed by atoms with E-state index in [1.54, 1.807) is 0 Å². The van der Waals surface area contributed by atoms with E-state index < -0.39 is 24.3 Å². The highest BCUT2D eigenvalue weighted by atomic mass is 16.5. The maximum absolute atomic E-state index is 12.1. The Bertz CT molecular complexity index is 680. The lowest BCUT2D eigenvalue weighted by molar-refractivity contribution is -0.165. The van der Waals surface area contributed by atoms with Gasteiger partial charge >= 0.3 is 11.9 Å². The normalized spacial score (nSPS) is 15.0. The molecule has 1 saturated heterocycles. The molecule has 10 heteroatoms. The molecule has 0 radical (unpaired) electrons. The van der Waals surface area contributed by atoms with E-state index in [0.29, 0.717) is 31.2 Å². The average Bonchev–Trinajstić information content (AvgIpc) is 2.92. The van der Waals surface area contributed by atoms with Gasteiger partial charge in [-0.3, -0.25) is 14.9 Å². The molecule has 0 aromatic carbocycles. The van der Waals surface area contributed by atoms with Crippen LogP contribution in [-0.4, -0.2) is 87.6 Å². The Kier molecular flexibility index (Phi) is 6.72. The van der Waals surface area contributed by atoms with Crippen LogP contribution in [0.2, 0.25) is 0 Å². The maximum Gasteiger partial charge on any atom is 0.352 e. The van der Waals surface area contributed by atoms with Gasteiger partial charge in [0, 0.05) is 31.9 Å². The fourth-order valence-corrected chi connectivity index (χ4v) is 2.93. The van der Waals surface area contributed by atoms with Gasteiger partial charge < -0.3 is 19.9 Å². The van der Waals surface area contributed by atoms with Gasteiger partial charge in [0.1, 0.15) is 5.69 Å². The van der Waals surface area contributed by atoms with Crippen molar-refractivity contribution < 1.29 is 34.5 Å². The summed E-state index contributed by atoms with van der Waals surface area (Å²) in [6.07, 6.45) is 0.127. The van der Waals surface area contributed by atoms with E-state index in [1.165, 1.54) is 6.92 Å². The van der Waals surface area contributed by atoms with E-state index in [4.69, 9.17) is 9.84 Å². The number of carbonyl (C=O) groups excluding carboxylic acids is 1. The van der Waals surface area contributed by atoms with Crippen LogP contribution in [0.3, 0.4) is 0 Å². The second kappa shape index (κ2) is 8.79. The van der Waals surface area contributed by atoms with Gasteiger partial charge in [0.15, 0.2) is 0 Å². The molecule has 0 spiro atoms. The van der Waals surface area contributed by atoms with Crippen molar-refractivity contribution in [3.8, 4) is 0 Å². The summed E-state index contributed by atoms with van der Waals surface area (Å²) in [5.41, 5.74) is -0.520. The van der Waals surface area contributed by atoms with Crippen molar-refractivity contribution in [3.05, 3.63) is 22.5 Å². The maximum atomic E-state index is 12.1. The lowest BCUT2D eigenvalue weighted by atomic mass is 10.1. The Labute approximate surface area is 149 Å². The lowest BCUT2D eigenvalue weighted by Crippen LogP contribution is -2.38. The fourth-order valence-electron chi connectivity index (χ4n) is 2.93. The first-order valence-corrected chi connectivity index (χ1v) is 8.28. The van der Waals surface area contributed by atoms with E-state index in [0.717, 1.165) is 13.1 Å². The van der Waals surface area contributed by atoms with Gasteiger partial charge in [-0.2, -0.15) is 0 Å². The van der Waals surface area contributed by atoms with Crippen LogP contribution >= 0.6 is 0 Å². The molecule has 144 valence electrons. The molecule has 1 fully saturated rings. The predicted octanol–water partition coefficient (Wildman–Crippen LogP) is 0.202. The molecule has 0 saturated carbocycles. The fraction of sp³-hybridized carbons (Fsp3) is 0.562. The molecular formula is C16H23N3O7. The van der Waals surface area contributed by atoms with Gasteiger partial charge in [0.25, 0.3) is 5.91 Å². The highest BCUT2D eigenvalue weighted by molar-refractivity contribution is 5.98. The Morgan fingerprint density at radius 2 is 1.85 bits per heavy atom. The molecule has 26 heavy (non-hydrogen) atoms. The van der Waals surface area contributed by atoms with Crippen LogP contribution in [0.4, 0.5) is 0 Å².